The molecule has 0 bridgehead atoms. The van der Waals surface area contributed by atoms with E-state index in [4.69, 9.17) is 11.6 Å². The van der Waals surface area contributed by atoms with E-state index < -0.39 is 0 Å². The third-order valence-corrected chi connectivity index (χ3v) is 3.52. The first-order chi connectivity index (χ1) is 10.1. The van der Waals surface area contributed by atoms with E-state index in [2.05, 4.69) is 9.97 Å². The highest BCUT2D eigenvalue weighted by Crippen LogP contribution is 2.30. The third-order valence-electron chi connectivity index (χ3n) is 3.34. The van der Waals surface area contributed by atoms with Gasteiger partial charge in [0.25, 0.3) is 5.91 Å². The maximum atomic E-state index is 12.6. The second kappa shape index (κ2) is 5.69. The molecule has 3 rings (SSSR count). The zero-order chi connectivity index (χ0) is 14.8. The van der Waals surface area contributed by atoms with Crippen LogP contribution < -0.4 is 0 Å². The van der Waals surface area contributed by atoms with Gasteiger partial charge in [-0.25, -0.2) is 4.98 Å². The number of phenols is 1. The molecule has 0 atom stereocenters. The molecule has 0 unspecified atom stereocenters. The standard InChI is InChI=1S/C15H14ClN3O2/c16-14-8-17-7-13(18-14)15(21)19(11-4-5-11)9-10-2-1-3-12(20)6-10/h1-3,6-8,11,20H,4-5,9H2. The number of amides is 1. The Hall–Kier alpha value is -2.14. The van der Waals surface area contributed by atoms with Gasteiger partial charge >= 0.3 is 0 Å². The molecule has 0 aliphatic heterocycles. The minimum absolute atomic E-state index is 0.184. The number of phenolic OH excluding ortho intramolecular Hbond substituents is 1. The maximum absolute atomic E-state index is 12.6. The smallest absolute Gasteiger partial charge is 0.274 e. The molecule has 1 fully saturated rings. The van der Waals surface area contributed by atoms with Crippen LogP contribution in [0.3, 0.4) is 0 Å². The number of nitrogens with zero attached hydrogens (tertiary/aromatic N) is 3. The van der Waals surface area contributed by atoms with Crippen LogP contribution in [-0.4, -0.2) is 31.9 Å². The van der Waals surface area contributed by atoms with E-state index in [0.717, 1.165) is 18.4 Å². The predicted molar refractivity (Wildman–Crippen MR) is 78.0 cm³/mol. The molecule has 1 aromatic carbocycles. The summed E-state index contributed by atoms with van der Waals surface area (Å²) in [4.78, 5) is 22.3. The molecule has 1 aliphatic rings. The van der Waals surface area contributed by atoms with Crippen molar-refractivity contribution < 1.29 is 9.90 Å². The Morgan fingerprint density at radius 2 is 2.19 bits per heavy atom. The van der Waals surface area contributed by atoms with Crippen molar-refractivity contribution in [3.63, 3.8) is 0 Å². The molecule has 0 spiro atoms. The van der Waals surface area contributed by atoms with E-state index in [1.165, 1.54) is 12.4 Å². The lowest BCUT2D eigenvalue weighted by Crippen LogP contribution is -2.33. The van der Waals surface area contributed by atoms with Crippen LogP contribution in [0.2, 0.25) is 5.15 Å². The van der Waals surface area contributed by atoms with Gasteiger partial charge in [0.2, 0.25) is 0 Å². The molecule has 1 aliphatic carbocycles. The highest BCUT2D eigenvalue weighted by molar-refractivity contribution is 6.29. The van der Waals surface area contributed by atoms with Crippen LogP contribution in [0.5, 0.6) is 5.75 Å². The van der Waals surface area contributed by atoms with E-state index in [-0.39, 0.29) is 28.5 Å². The largest absolute Gasteiger partial charge is 0.508 e. The highest BCUT2D eigenvalue weighted by Gasteiger charge is 2.33. The minimum Gasteiger partial charge on any atom is -0.508 e. The number of carbonyl (C=O) groups excluding carboxylic acids is 1. The number of aromatic nitrogens is 2. The van der Waals surface area contributed by atoms with Gasteiger partial charge in [-0.1, -0.05) is 23.7 Å². The topological polar surface area (TPSA) is 66.3 Å². The van der Waals surface area contributed by atoms with Gasteiger partial charge in [-0.05, 0) is 30.5 Å². The number of hydrogen-bond donors (Lipinski definition) is 1. The molecule has 6 heteroatoms. The predicted octanol–water partition coefficient (Wildman–Crippen LogP) is 2.64. The van der Waals surface area contributed by atoms with E-state index in [1.54, 1.807) is 23.1 Å². The van der Waals surface area contributed by atoms with Crippen LogP contribution in [-0.2, 0) is 6.54 Å². The Balaban J connectivity index is 1.83. The summed E-state index contributed by atoms with van der Waals surface area (Å²) in [7, 11) is 0. The van der Waals surface area contributed by atoms with Crippen LogP contribution in [0, 0.1) is 0 Å². The Morgan fingerprint density at radius 1 is 1.38 bits per heavy atom. The number of carbonyl (C=O) groups is 1. The number of benzene rings is 1. The molecular weight excluding hydrogens is 290 g/mol. The van der Waals surface area contributed by atoms with Crippen molar-refractivity contribution in [1.82, 2.24) is 14.9 Å². The Kier molecular flexibility index (Phi) is 3.75. The Labute approximate surface area is 127 Å². The van der Waals surface area contributed by atoms with Gasteiger partial charge in [0.1, 0.15) is 16.6 Å². The first kappa shape index (κ1) is 13.8. The molecule has 0 saturated heterocycles. The Bertz CT molecular complexity index is 673. The van der Waals surface area contributed by atoms with E-state index in [1.807, 2.05) is 6.07 Å². The van der Waals surface area contributed by atoms with Gasteiger partial charge in [0.15, 0.2) is 0 Å². The number of rotatable bonds is 4. The molecule has 1 amide bonds. The quantitative estimate of drug-likeness (QED) is 0.943. The first-order valence-electron chi connectivity index (χ1n) is 6.70. The summed E-state index contributed by atoms with van der Waals surface area (Å²) in [6, 6.07) is 7.13. The van der Waals surface area contributed by atoms with Crippen LogP contribution in [0.4, 0.5) is 0 Å². The number of aromatic hydroxyl groups is 1. The van der Waals surface area contributed by atoms with Crippen LogP contribution in [0.25, 0.3) is 0 Å². The van der Waals surface area contributed by atoms with Crippen LogP contribution in [0.15, 0.2) is 36.7 Å². The minimum atomic E-state index is -0.184. The van der Waals surface area contributed by atoms with Crippen molar-refractivity contribution in [2.75, 3.05) is 0 Å². The lowest BCUT2D eigenvalue weighted by molar-refractivity contribution is 0.0723. The van der Waals surface area contributed by atoms with E-state index in [0.29, 0.717) is 6.54 Å². The summed E-state index contributed by atoms with van der Waals surface area (Å²) in [5.41, 5.74) is 1.12. The van der Waals surface area contributed by atoms with E-state index >= 15 is 0 Å². The Morgan fingerprint density at radius 3 is 2.86 bits per heavy atom. The van der Waals surface area contributed by atoms with Crippen molar-refractivity contribution in [3.05, 3.63) is 53.1 Å². The summed E-state index contributed by atoms with van der Waals surface area (Å²) in [6.45, 7) is 0.437. The van der Waals surface area contributed by atoms with Crippen molar-refractivity contribution in [2.24, 2.45) is 0 Å². The molecule has 108 valence electrons. The summed E-state index contributed by atoms with van der Waals surface area (Å²) in [6.07, 6.45) is 4.79. The number of halogens is 1. The lowest BCUT2D eigenvalue weighted by atomic mass is 10.2. The monoisotopic (exact) mass is 303 g/mol. The van der Waals surface area contributed by atoms with Gasteiger partial charge in [-0.15, -0.1) is 0 Å². The average molecular weight is 304 g/mol. The summed E-state index contributed by atoms with van der Waals surface area (Å²) in [5, 5.41) is 9.73. The zero-order valence-electron chi connectivity index (χ0n) is 11.2. The maximum Gasteiger partial charge on any atom is 0.274 e. The fourth-order valence-electron chi connectivity index (χ4n) is 2.20. The van der Waals surface area contributed by atoms with Gasteiger partial charge in [0.05, 0.1) is 12.4 Å². The zero-order valence-corrected chi connectivity index (χ0v) is 12.0. The molecule has 5 nitrogen and oxygen atoms in total. The van der Waals surface area contributed by atoms with Crippen LogP contribution >= 0.6 is 11.6 Å². The molecular formula is C15H14ClN3O2. The lowest BCUT2D eigenvalue weighted by Gasteiger charge is -2.22. The summed E-state index contributed by atoms with van der Waals surface area (Å²) in [5.74, 6) is 0.00841. The fraction of sp³-hybridized carbons (Fsp3) is 0.267. The van der Waals surface area contributed by atoms with Crippen LogP contribution in [0.1, 0.15) is 28.9 Å². The van der Waals surface area contributed by atoms with Crippen molar-refractivity contribution in [2.45, 2.75) is 25.4 Å². The van der Waals surface area contributed by atoms with Gasteiger partial charge in [-0.2, -0.15) is 0 Å². The fourth-order valence-corrected chi connectivity index (χ4v) is 2.34. The summed E-state index contributed by atoms with van der Waals surface area (Å²) < 4.78 is 0. The SMILES string of the molecule is O=C(c1cncc(Cl)n1)N(Cc1cccc(O)c1)C1CC1. The molecule has 1 aromatic heterocycles. The molecule has 2 aromatic rings. The van der Waals surface area contributed by atoms with Crippen molar-refractivity contribution in [1.29, 1.82) is 0 Å². The van der Waals surface area contributed by atoms with Crippen molar-refractivity contribution >= 4 is 17.5 Å². The van der Waals surface area contributed by atoms with Gasteiger partial charge in [-0.3, -0.25) is 9.78 Å². The van der Waals surface area contributed by atoms with E-state index in [9.17, 15) is 9.90 Å². The average Bonchev–Trinajstić information content (AvgIpc) is 3.29. The molecule has 0 radical (unpaired) electrons. The first-order valence-corrected chi connectivity index (χ1v) is 7.08. The third kappa shape index (κ3) is 3.31. The molecule has 1 N–H and O–H groups in total. The van der Waals surface area contributed by atoms with Crippen molar-refractivity contribution in [3.8, 4) is 5.75 Å². The van der Waals surface area contributed by atoms with Gasteiger partial charge < -0.3 is 10.0 Å². The normalized spacial score (nSPS) is 14.0. The summed E-state index contributed by atoms with van der Waals surface area (Å²) >= 11 is 5.79. The molecule has 1 saturated carbocycles. The second-order valence-corrected chi connectivity index (χ2v) is 5.45. The van der Waals surface area contributed by atoms with Gasteiger partial charge in [0, 0.05) is 12.6 Å². The second-order valence-electron chi connectivity index (χ2n) is 5.06. The molecule has 21 heavy (non-hydrogen) atoms. The highest BCUT2D eigenvalue weighted by atomic mass is 35.5. The number of hydrogen-bond acceptors (Lipinski definition) is 4. The molecule has 1 heterocycles.